The van der Waals surface area contributed by atoms with Crippen molar-refractivity contribution < 1.29 is 0 Å². The molecule has 166 valence electrons. The predicted octanol–water partition coefficient (Wildman–Crippen LogP) is 7.85. The molecule has 2 heterocycles. The zero-order valence-corrected chi connectivity index (χ0v) is 20.5. The zero-order valence-electron chi connectivity index (χ0n) is 20.5. The van der Waals surface area contributed by atoms with E-state index in [1.807, 2.05) is 0 Å². The second kappa shape index (κ2) is 7.68. The van der Waals surface area contributed by atoms with E-state index in [9.17, 15) is 0 Å². The lowest BCUT2D eigenvalue weighted by atomic mass is 9.45. The molecule has 0 N–H and O–H groups in total. The zero-order chi connectivity index (χ0) is 21.0. The lowest BCUT2D eigenvalue weighted by Crippen LogP contribution is -2.66. The third-order valence-electron chi connectivity index (χ3n) is 11.3. The van der Waals surface area contributed by atoms with Gasteiger partial charge in [-0.1, -0.05) is 46.3 Å². The van der Waals surface area contributed by atoms with Crippen LogP contribution in [0.4, 0.5) is 0 Å². The van der Waals surface area contributed by atoms with Crippen molar-refractivity contribution in [3.05, 3.63) is 12.2 Å². The fourth-order valence-corrected chi connectivity index (χ4v) is 9.01. The van der Waals surface area contributed by atoms with Crippen molar-refractivity contribution in [3.8, 4) is 0 Å². The van der Waals surface area contributed by atoms with Crippen molar-refractivity contribution in [2.24, 2.45) is 34.5 Å². The van der Waals surface area contributed by atoms with Crippen molar-refractivity contribution in [1.82, 2.24) is 4.90 Å². The van der Waals surface area contributed by atoms with E-state index < -0.39 is 0 Å². The standard InChI is InChI=1S/C28H49N/c1-8-28-17-16-26(6,21(4)5)19-22(28)12-13-25-24(28)14-15-27(7)23(20(2)3)11-9-10-18-29(25)27/h21-25H,2,8-19H2,1,3-7H3/t22?,23?,24?,25?,26-,27?,28?/m1/s1. The minimum Gasteiger partial charge on any atom is -0.294 e. The Morgan fingerprint density at radius 3 is 2.45 bits per heavy atom. The van der Waals surface area contributed by atoms with Crippen LogP contribution in [-0.2, 0) is 0 Å². The van der Waals surface area contributed by atoms with Gasteiger partial charge in [-0.3, -0.25) is 4.90 Å². The Morgan fingerprint density at radius 2 is 1.79 bits per heavy atom. The summed E-state index contributed by atoms with van der Waals surface area (Å²) >= 11 is 0. The van der Waals surface area contributed by atoms with Crippen LogP contribution in [0.25, 0.3) is 0 Å². The monoisotopic (exact) mass is 399 g/mol. The first kappa shape index (κ1) is 21.9. The second-order valence-corrected chi connectivity index (χ2v) is 12.5. The first-order valence-corrected chi connectivity index (χ1v) is 13.1. The van der Waals surface area contributed by atoms with E-state index in [0.29, 0.717) is 22.3 Å². The summed E-state index contributed by atoms with van der Waals surface area (Å²) in [7, 11) is 0. The molecule has 2 aliphatic carbocycles. The first-order valence-electron chi connectivity index (χ1n) is 13.1. The molecular weight excluding hydrogens is 350 g/mol. The smallest absolute Gasteiger partial charge is 0.0249 e. The van der Waals surface area contributed by atoms with Crippen molar-refractivity contribution >= 4 is 0 Å². The fourth-order valence-electron chi connectivity index (χ4n) is 9.01. The van der Waals surface area contributed by atoms with Crippen LogP contribution in [0.3, 0.4) is 0 Å². The molecule has 1 heteroatoms. The van der Waals surface area contributed by atoms with Gasteiger partial charge in [0, 0.05) is 11.6 Å². The minimum atomic E-state index is 0.367. The highest BCUT2D eigenvalue weighted by molar-refractivity contribution is 5.16. The van der Waals surface area contributed by atoms with E-state index in [1.165, 1.54) is 82.7 Å². The van der Waals surface area contributed by atoms with Gasteiger partial charge < -0.3 is 0 Å². The van der Waals surface area contributed by atoms with Gasteiger partial charge in [-0.25, -0.2) is 0 Å². The van der Waals surface area contributed by atoms with Crippen molar-refractivity contribution in [3.63, 3.8) is 0 Å². The van der Waals surface area contributed by atoms with Crippen LogP contribution >= 0.6 is 0 Å². The van der Waals surface area contributed by atoms with Crippen LogP contribution in [0.1, 0.15) is 112 Å². The molecule has 0 aromatic heterocycles. The van der Waals surface area contributed by atoms with E-state index in [-0.39, 0.29) is 0 Å². The summed E-state index contributed by atoms with van der Waals surface area (Å²) < 4.78 is 0. The maximum absolute atomic E-state index is 4.46. The molecule has 0 bridgehead atoms. The maximum Gasteiger partial charge on any atom is 0.0249 e. The molecule has 2 saturated heterocycles. The maximum atomic E-state index is 4.46. The molecule has 4 rings (SSSR count). The van der Waals surface area contributed by atoms with Gasteiger partial charge in [-0.15, -0.1) is 0 Å². The third-order valence-corrected chi connectivity index (χ3v) is 11.3. The molecule has 0 aromatic carbocycles. The fraction of sp³-hybridized carbons (Fsp3) is 0.929. The van der Waals surface area contributed by atoms with E-state index in [0.717, 1.165) is 23.8 Å². The van der Waals surface area contributed by atoms with Crippen LogP contribution in [0, 0.1) is 34.5 Å². The molecule has 7 atom stereocenters. The second-order valence-electron chi connectivity index (χ2n) is 12.5. The van der Waals surface area contributed by atoms with E-state index in [2.05, 4.69) is 53.0 Å². The summed E-state index contributed by atoms with van der Waals surface area (Å²) in [5.74, 6) is 3.45. The predicted molar refractivity (Wildman–Crippen MR) is 126 cm³/mol. The molecule has 1 nitrogen and oxygen atoms in total. The lowest BCUT2D eigenvalue weighted by molar-refractivity contribution is -0.155. The molecule has 29 heavy (non-hydrogen) atoms. The first-order chi connectivity index (χ1) is 13.7. The molecule has 0 spiro atoms. The number of hydrogen-bond acceptors (Lipinski definition) is 1. The summed E-state index contributed by atoms with van der Waals surface area (Å²) in [6.45, 7) is 20.8. The molecule has 4 aliphatic rings. The minimum absolute atomic E-state index is 0.367. The number of nitrogens with zero attached hydrogens (tertiary/aromatic N) is 1. The average Bonchev–Trinajstić information content (AvgIpc) is 2.86. The summed E-state index contributed by atoms with van der Waals surface area (Å²) in [6, 6.07) is 0.841. The summed E-state index contributed by atoms with van der Waals surface area (Å²) in [6.07, 6.45) is 15.9. The van der Waals surface area contributed by atoms with E-state index in [4.69, 9.17) is 0 Å². The topological polar surface area (TPSA) is 3.24 Å². The summed E-state index contributed by atoms with van der Waals surface area (Å²) in [4.78, 5) is 3.07. The van der Waals surface area contributed by atoms with Gasteiger partial charge in [0.1, 0.15) is 0 Å². The van der Waals surface area contributed by atoms with Crippen LogP contribution in [0.2, 0.25) is 0 Å². The summed E-state index contributed by atoms with van der Waals surface area (Å²) in [5, 5.41) is 0. The Labute approximate surface area is 182 Å². The normalized spacial score (nSPS) is 48.4. The number of rotatable bonds is 3. The Morgan fingerprint density at radius 1 is 1.03 bits per heavy atom. The average molecular weight is 400 g/mol. The van der Waals surface area contributed by atoms with Crippen molar-refractivity contribution in [2.75, 3.05) is 6.54 Å². The van der Waals surface area contributed by atoms with Gasteiger partial charge in [-0.05, 0) is 119 Å². The summed E-state index contributed by atoms with van der Waals surface area (Å²) in [5.41, 5.74) is 3.02. The molecule has 0 aromatic rings. The van der Waals surface area contributed by atoms with Crippen LogP contribution in [0.5, 0.6) is 0 Å². The van der Waals surface area contributed by atoms with Gasteiger partial charge in [0.05, 0.1) is 0 Å². The van der Waals surface area contributed by atoms with Gasteiger partial charge >= 0.3 is 0 Å². The molecule has 0 amide bonds. The molecular formula is C28H49N. The number of fused-ring (bicyclic) bond motifs is 5. The van der Waals surface area contributed by atoms with E-state index in [1.54, 1.807) is 0 Å². The Bertz CT molecular complexity index is 622. The van der Waals surface area contributed by atoms with Gasteiger partial charge in [-0.2, -0.15) is 0 Å². The van der Waals surface area contributed by atoms with Gasteiger partial charge in [0.15, 0.2) is 0 Å². The third kappa shape index (κ3) is 3.28. The van der Waals surface area contributed by atoms with Gasteiger partial charge in [0.25, 0.3) is 0 Å². The highest BCUT2D eigenvalue weighted by Crippen LogP contribution is 2.64. The molecule has 4 fully saturated rings. The Balaban J connectivity index is 1.65. The highest BCUT2D eigenvalue weighted by atomic mass is 15.2. The Hall–Kier alpha value is -0.300. The Kier molecular flexibility index (Phi) is 5.81. The number of piperidine rings is 1. The quantitative estimate of drug-likeness (QED) is 0.437. The molecule has 6 unspecified atom stereocenters. The van der Waals surface area contributed by atoms with Crippen LogP contribution in [0.15, 0.2) is 12.2 Å². The molecule has 0 radical (unpaired) electrons. The SMILES string of the molecule is C=C(C)C1CCCCN2C3CCC4C[C@](C)(C(C)C)CCC4(CC)C3CCC12C. The number of hydrogen-bond donors (Lipinski definition) is 0. The van der Waals surface area contributed by atoms with E-state index >= 15 is 0 Å². The molecule has 2 saturated carbocycles. The van der Waals surface area contributed by atoms with Crippen LogP contribution in [-0.4, -0.2) is 23.0 Å². The van der Waals surface area contributed by atoms with Crippen molar-refractivity contribution in [2.45, 2.75) is 124 Å². The lowest BCUT2D eigenvalue weighted by Gasteiger charge is -2.66. The van der Waals surface area contributed by atoms with Crippen LogP contribution < -0.4 is 0 Å². The molecule has 2 aliphatic heterocycles. The highest BCUT2D eigenvalue weighted by Gasteiger charge is 2.60. The van der Waals surface area contributed by atoms with Gasteiger partial charge in [0.2, 0.25) is 0 Å². The largest absolute Gasteiger partial charge is 0.294 e. The van der Waals surface area contributed by atoms with Crippen molar-refractivity contribution in [1.29, 1.82) is 0 Å².